The van der Waals surface area contributed by atoms with Crippen LogP contribution in [-0.4, -0.2) is 29.7 Å². The fourth-order valence-corrected chi connectivity index (χ4v) is 2.76. The van der Waals surface area contributed by atoms with E-state index in [1.165, 1.54) is 25.7 Å². The third kappa shape index (κ3) is 5.94. The molecule has 0 aromatic rings. The second kappa shape index (κ2) is 8.02. The second-order valence-electron chi connectivity index (χ2n) is 5.63. The maximum atomic E-state index is 11.5. The van der Waals surface area contributed by atoms with Crippen molar-refractivity contribution in [3.8, 4) is 0 Å². The Labute approximate surface area is 115 Å². The van der Waals surface area contributed by atoms with Crippen molar-refractivity contribution in [1.82, 2.24) is 10.6 Å². The van der Waals surface area contributed by atoms with E-state index in [-0.39, 0.29) is 6.03 Å². The Morgan fingerprint density at radius 3 is 2.68 bits per heavy atom. The molecule has 1 aliphatic rings. The van der Waals surface area contributed by atoms with Crippen molar-refractivity contribution in [3.05, 3.63) is 0 Å². The number of urea groups is 1. The van der Waals surface area contributed by atoms with Crippen molar-refractivity contribution in [3.63, 3.8) is 0 Å². The van der Waals surface area contributed by atoms with Crippen LogP contribution in [0.15, 0.2) is 0 Å². The average Bonchev–Trinajstić information content (AvgIpc) is 2.35. The summed E-state index contributed by atoms with van der Waals surface area (Å²) < 4.78 is 0. The van der Waals surface area contributed by atoms with Crippen LogP contribution in [0.2, 0.25) is 0 Å². The number of carboxylic acid groups (broad SMARTS) is 1. The van der Waals surface area contributed by atoms with Crippen LogP contribution in [0.25, 0.3) is 0 Å². The molecule has 0 radical (unpaired) electrons. The van der Waals surface area contributed by atoms with Gasteiger partial charge >= 0.3 is 12.0 Å². The van der Waals surface area contributed by atoms with Crippen molar-refractivity contribution < 1.29 is 14.7 Å². The molecule has 0 bridgehead atoms. The Morgan fingerprint density at radius 2 is 2.11 bits per heavy atom. The zero-order chi connectivity index (χ0) is 14.3. The summed E-state index contributed by atoms with van der Waals surface area (Å²) in [5.41, 5.74) is 0. The van der Waals surface area contributed by atoms with E-state index in [2.05, 4.69) is 17.6 Å². The van der Waals surface area contributed by atoms with Crippen molar-refractivity contribution in [1.29, 1.82) is 0 Å². The van der Waals surface area contributed by atoms with Gasteiger partial charge in [-0.1, -0.05) is 33.1 Å². The molecule has 19 heavy (non-hydrogen) atoms. The third-order valence-corrected chi connectivity index (χ3v) is 3.89. The average molecular weight is 270 g/mol. The molecule has 3 atom stereocenters. The summed E-state index contributed by atoms with van der Waals surface area (Å²) in [6.07, 6.45) is 6.48. The van der Waals surface area contributed by atoms with E-state index in [1.54, 1.807) is 6.92 Å². The van der Waals surface area contributed by atoms with E-state index in [0.717, 1.165) is 12.3 Å². The van der Waals surface area contributed by atoms with Crippen LogP contribution >= 0.6 is 0 Å². The van der Waals surface area contributed by atoms with E-state index in [4.69, 9.17) is 5.11 Å². The molecule has 1 aliphatic carbocycles. The first kappa shape index (κ1) is 15.8. The lowest BCUT2D eigenvalue weighted by molar-refractivity contribution is -0.139. The topological polar surface area (TPSA) is 78.4 Å². The normalized spacial score (nSPS) is 24.5. The predicted molar refractivity (Wildman–Crippen MR) is 74.0 cm³/mol. The lowest BCUT2D eigenvalue weighted by Crippen LogP contribution is -2.46. The Morgan fingerprint density at radius 1 is 1.37 bits per heavy atom. The van der Waals surface area contributed by atoms with Gasteiger partial charge in [-0.25, -0.2) is 9.59 Å². The Balaban J connectivity index is 2.17. The highest BCUT2D eigenvalue weighted by Crippen LogP contribution is 2.30. The van der Waals surface area contributed by atoms with Crippen LogP contribution in [0.4, 0.5) is 4.79 Å². The lowest BCUT2D eigenvalue weighted by Gasteiger charge is -2.26. The molecule has 3 N–H and O–H groups in total. The standard InChI is InChI=1S/C14H26N2O3/c1-3-12(13(17)18)16-14(19)15-8-7-11-6-4-5-10(2)9-11/h10-12H,3-9H2,1-2H3,(H,17,18)(H2,15,16,19)/t10?,11?,12-/m1/s1. The smallest absolute Gasteiger partial charge is 0.326 e. The molecule has 1 fully saturated rings. The van der Waals surface area contributed by atoms with Gasteiger partial charge in [0.05, 0.1) is 0 Å². The number of carbonyl (C=O) groups is 2. The number of nitrogens with one attached hydrogen (secondary N) is 2. The van der Waals surface area contributed by atoms with E-state index in [9.17, 15) is 9.59 Å². The molecule has 110 valence electrons. The number of aliphatic carboxylic acids is 1. The Hall–Kier alpha value is -1.26. The van der Waals surface area contributed by atoms with Gasteiger partial charge in [-0.3, -0.25) is 0 Å². The first-order valence-corrected chi connectivity index (χ1v) is 7.30. The van der Waals surface area contributed by atoms with Crippen LogP contribution < -0.4 is 10.6 Å². The fraction of sp³-hybridized carbons (Fsp3) is 0.857. The summed E-state index contributed by atoms with van der Waals surface area (Å²) in [6, 6.07) is -1.17. The van der Waals surface area contributed by atoms with E-state index in [0.29, 0.717) is 18.9 Å². The van der Waals surface area contributed by atoms with E-state index >= 15 is 0 Å². The minimum atomic E-state index is -0.987. The van der Waals surface area contributed by atoms with Gasteiger partial charge in [0.1, 0.15) is 6.04 Å². The minimum absolute atomic E-state index is 0.377. The number of hydrogen-bond donors (Lipinski definition) is 3. The Kier molecular flexibility index (Phi) is 6.67. The van der Waals surface area contributed by atoms with Crippen molar-refractivity contribution in [2.75, 3.05) is 6.54 Å². The molecule has 1 rings (SSSR count). The van der Waals surface area contributed by atoms with Crippen molar-refractivity contribution in [2.24, 2.45) is 11.8 Å². The molecule has 0 aliphatic heterocycles. The van der Waals surface area contributed by atoms with Gasteiger partial charge in [0.25, 0.3) is 0 Å². The number of amides is 2. The maximum absolute atomic E-state index is 11.5. The predicted octanol–water partition coefficient (Wildman–Crippen LogP) is 2.37. The summed E-state index contributed by atoms with van der Waals surface area (Å²) in [5, 5.41) is 14.1. The van der Waals surface area contributed by atoms with Crippen LogP contribution in [0.3, 0.4) is 0 Å². The number of hydrogen-bond acceptors (Lipinski definition) is 2. The molecule has 1 saturated carbocycles. The monoisotopic (exact) mass is 270 g/mol. The first-order chi connectivity index (χ1) is 9.02. The van der Waals surface area contributed by atoms with Crippen LogP contribution in [0, 0.1) is 11.8 Å². The summed E-state index contributed by atoms with van der Waals surface area (Å²) in [4.78, 5) is 22.3. The molecule has 0 heterocycles. The molecule has 0 spiro atoms. The van der Waals surface area contributed by atoms with E-state index < -0.39 is 12.0 Å². The summed E-state index contributed by atoms with van der Waals surface area (Å²) in [7, 11) is 0. The van der Waals surface area contributed by atoms with Gasteiger partial charge in [0.2, 0.25) is 0 Å². The second-order valence-corrected chi connectivity index (χ2v) is 5.63. The van der Waals surface area contributed by atoms with Gasteiger partial charge in [-0.05, 0) is 31.1 Å². The van der Waals surface area contributed by atoms with Gasteiger partial charge < -0.3 is 15.7 Å². The van der Waals surface area contributed by atoms with Crippen molar-refractivity contribution >= 4 is 12.0 Å². The highest BCUT2D eigenvalue weighted by molar-refractivity contribution is 5.82. The summed E-state index contributed by atoms with van der Waals surface area (Å²) >= 11 is 0. The molecule has 0 aromatic carbocycles. The van der Waals surface area contributed by atoms with Gasteiger partial charge in [0, 0.05) is 6.54 Å². The lowest BCUT2D eigenvalue weighted by atomic mass is 9.81. The molecule has 0 saturated heterocycles. The third-order valence-electron chi connectivity index (χ3n) is 3.89. The molecular formula is C14H26N2O3. The molecular weight excluding hydrogens is 244 g/mol. The van der Waals surface area contributed by atoms with Crippen molar-refractivity contribution in [2.45, 2.75) is 58.4 Å². The minimum Gasteiger partial charge on any atom is -0.480 e. The maximum Gasteiger partial charge on any atom is 0.326 e. The molecule has 0 aromatic heterocycles. The summed E-state index contributed by atoms with van der Waals surface area (Å²) in [5.74, 6) is 0.508. The highest BCUT2D eigenvalue weighted by atomic mass is 16.4. The van der Waals surface area contributed by atoms with E-state index in [1.807, 2.05) is 0 Å². The molecule has 2 unspecified atom stereocenters. The van der Waals surface area contributed by atoms with Crippen LogP contribution in [0.5, 0.6) is 0 Å². The highest BCUT2D eigenvalue weighted by Gasteiger charge is 2.20. The fourth-order valence-electron chi connectivity index (χ4n) is 2.76. The molecule has 2 amide bonds. The zero-order valence-corrected chi connectivity index (χ0v) is 11.9. The van der Waals surface area contributed by atoms with Crippen LogP contribution in [-0.2, 0) is 4.79 Å². The SMILES string of the molecule is CC[C@@H](NC(=O)NCCC1CCCC(C)C1)C(=O)O. The Bertz CT molecular complexity index is 307. The number of carbonyl (C=O) groups excluding carboxylic acids is 1. The quantitative estimate of drug-likeness (QED) is 0.693. The largest absolute Gasteiger partial charge is 0.480 e. The first-order valence-electron chi connectivity index (χ1n) is 7.30. The van der Waals surface area contributed by atoms with Gasteiger partial charge in [-0.2, -0.15) is 0 Å². The molecule has 5 nitrogen and oxygen atoms in total. The number of rotatable bonds is 6. The summed E-state index contributed by atoms with van der Waals surface area (Å²) in [6.45, 7) is 4.65. The van der Waals surface area contributed by atoms with Gasteiger partial charge in [0.15, 0.2) is 0 Å². The van der Waals surface area contributed by atoms with Gasteiger partial charge in [-0.15, -0.1) is 0 Å². The van der Waals surface area contributed by atoms with Crippen LogP contribution in [0.1, 0.15) is 52.4 Å². The molecule has 5 heteroatoms. The number of carboxylic acids is 1. The zero-order valence-electron chi connectivity index (χ0n) is 11.9.